The summed E-state index contributed by atoms with van der Waals surface area (Å²) < 4.78 is 6.83. The highest BCUT2D eigenvalue weighted by molar-refractivity contribution is 6.04. The molecule has 2 N–H and O–H groups in total. The van der Waals surface area contributed by atoms with Gasteiger partial charge in [0.05, 0.1) is 11.3 Å². The van der Waals surface area contributed by atoms with E-state index in [-0.39, 0.29) is 17.4 Å². The first-order valence-electron chi connectivity index (χ1n) is 8.35. The number of carbonyl (C=O) groups is 1. The first kappa shape index (κ1) is 17.7. The fourth-order valence-corrected chi connectivity index (χ4v) is 2.90. The van der Waals surface area contributed by atoms with Gasteiger partial charge < -0.3 is 9.73 Å². The van der Waals surface area contributed by atoms with Gasteiger partial charge >= 0.3 is 0 Å². The molecule has 0 spiro atoms. The Morgan fingerprint density at radius 2 is 2.00 bits per heavy atom. The van der Waals surface area contributed by atoms with Gasteiger partial charge in [-0.25, -0.2) is 4.98 Å². The molecule has 3 rings (SSSR count). The first-order valence-corrected chi connectivity index (χ1v) is 8.35. The minimum absolute atomic E-state index is 0.207. The fraction of sp³-hybridized carbons (Fsp3) is 0.333. The van der Waals surface area contributed by atoms with E-state index >= 15 is 0 Å². The van der Waals surface area contributed by atoms with E-state index in [9.17, 15) is 9.59 Å². The predicted octanol–water partition coefficient (Wildman–Crippen LogP) is 2.60. The van der Waals surface area contributed by atoms with Crippen molar-refractivity contribution in [3.63, 3.8) is 0 Å². The van der Waals surface area contributed by atoms with Crippen LogP contribution in [0.4, 0.5) is 5.82 Å². The maximum Gasteiger partial charge on any atom is 0.260 e. The van der Waals surface area contributed by atoms with Crippen LogP contribution in [0.25, 0.3) is 5.95 Å². The molecule has 8 nitrogen and oxygen atoms in total. The van der Waals surface area contributed by atoms with Crippen LogP contribution >= 0.6 is 0 Å². The molecule has 1 amide bonds. The zero-order valence-corrected chi connectivity index (χ0v) is 15.4. The molecular formula is C18H21N5O3. The Hall–Kier alpha value is -3.16. The van der Waals surface area contributed by atoms with Gasteiger partial charge in [-0.1, -0.05) is 6.92 Å². The van der Waals surface area contributed by atoms with E-state index in [0.29, 0.717) is 46.3 Å². The highest BCUT2D eigenvalue weighted by Gasteiger charge is 2.18. The van der Waals surface area contributed by atoms with Crippen molar-refractivity contribution in [2.24, 2.45) is 0 Å². The number of hydrogen-bond acceptors (Lipinski definition) is 5. The van der Waals surface area contributed by atoms with E-state index in [4.69, 9.17) is 4.42 Å². The molecule has 0 radical (unpaired) electrons. The normalized spacial score (nSPS) is 11.0. The molecule has 0 saturated heterocycles. The van der Waals surface area contributed by atoms with Crippen molar-refractivity contribution in [1.82, 2.24) is 19.7 Å². The largest absolute Gasteiger partial charge is 0.466 e. The van der Waals surface area contributed by atoms with Crippen molar-refractivity contribution in [3.05, 3.63) is 56.5 Å². The number of furan rings is 1. The maximum atomic E-state index is 12.6. The molecule has 0 fully saturated rings. The zero-order chi connectivity index (χ0) is 19.0. The zero-order valence-electron chi connectivity index (χ0n) is 15.4. The van der Waals surface area contributed by atoms with E-state index in [1.165, 1.54) is 4.68 Å². The Morgan fingerprint density at radius 3 is 2.58 bits per heavy atom. The van der Waals surface area contributed by atoms with Crippen LogP contribution in [-0.4, -0.2) is 25.7 Å². The van der Waals surface area contributed by atoms with Gasteiger partial charge in [0.2, 0.25) is 5.95 Å². The Bertz CT molecular complexity index is 1040. The molecule has 3 aromatic rings. The first-order chi connectivity index (χ1) is 12.3. The highest BCUT2D eigenvalue weighted by Crippen LogP contribution is 2.19. The third-order valence-electron chi connectivity index (χ3n) is 4.12. The summed E-state index contributed by atoms with van der Waals surface area (Å²) in [6.45, 7) is 8.99. The van der Waals surface area contributed by atoms with Gasteiger partial charge in [0.1, 0.15) is 17.3 Å². The summed E-state index contributed by atoms with van der Waals surface area (Å²) >= 11 is 0. The van der Waals surface area contributed by atoms with Crippen molar-refractivity contribution in [2.45, 2.75) is 41.0 Å². The van der Waals surface area contributed by atoms with Crippen LogP contribution in [0.15, 0.2) is 21.3 Å². The smallest absolute Gasteiger partial charge is 0.260 e. The fourth-order valence-electron chi connectivity index (χ4n) is 2.90. The van der Waals surface area contributed by atoms with Gasteiger partial charge in [-0.3, -0.25) is 14.6 Å². The predicted molar refractivity (Wildman–Crippen MR) is 97.0 cm³/mol. The van der Waals surface area contributed by atoms with Gasteiger partial charge in [-0.2, -0.15) is 9.78 Å². The molecule has 0 aliphatic rings. The lowest BCUT2D eigenvalue weighted by Crippen LogP contribution is -2.22. The average molecular weight is 355 g/mol. The third-order valence-corrected chi connectivity index (χ3v) is 4.12. The van der Waals surface area contributed by atoms with Crippen molar-refractivity contribution in [3.8, 4) is 5.95 Å². The number of amides is 1. The second-order valence-corrected chi connectivity index (χ2v) is 6.17. The van der Waals surface area contributed by atoms with Crippen LogP contribution in [0.5, 0.6) is 0 Å². The number of rotatable bonds is 4. The van der Waals surface area contributed by atoms with Gasteiger partial charge in [-0.05, 0) is 40.2 Å². The topological polar surface area (TPSA) is 106 Å². The van der Waals surface area contributed by atoms with E-state index in [1.807, 2.05) is 6.92 Å². The molecule has 0 atom stereocenters. The SMILES string of the molecule is CCc1c(C)nc(-n2nc(C)cc2NC(=O)c2cc(C)oc2C)[nH]c1=O. The molecule has 3 heterocycles. The summed E-state index contributed by atoms with van der Waals surface area (Å²) in [4.78, 5) is 32.0. The number of aromatic nitrogens is 4. The van der Waals surface area contributed by atoms with Crippen LogP contribution in [0.3, 0.4) is 0 Å². The number of carbonyl (C=O) groups excluding carboxylic acids is 1. The summed E-state index contributed by atoms with van der Waals surface area (Å²) in [6, 6.07) is 3.39. The Morgan fingerprint density at radius 1 is 1.27 bits per heavy atom. The molecule has 0 aromatic carbocycles. The highest BCUT2D eigenvalue weighted by atomic mass is 16.3. The van der Waals surface area contributed by atoms with E-state index in [0.717, 1.165) is 0 Å². The van der Waals surface area contributed by atoms with Crippen LogP contribution in [0, 0.1) is 27.7 Å². The molecule has 0 unspecified atom stereocenters. The number of hydrogen-bond donors (Lipinski definition) is 2. The standard InChI is InChI=1S/C18H21N5O3/c1-6-13-11(4)19-18(21-16(13)24)23-15(7-9(2)22-23)20-17(25)14-8-10(3)26-12(14)5/h7-8H,6H2,1-5H3,(H,20,25)(H,19,21,24). The van der Waals surface area contributed by atoms with Crippen molar-refractivity contribution in [2.75, 3.05) is 5.32 Å². The number of H-pyrrole nitrogens is 1. The monoisotopic (exact) mass is 355 g/mol. The number of anilines is 1. The molecule has 3 aromatic heterocycles. The second-order valence-electron chi connectivity index (χ2n) is 6.17. The Kier molecular flexibility index (Phi) is 4.50. The quantitative estimate of drug-likeness (QED) is 0.748. The maximum absolute atomic E-state index is 12.6. The number of aromatic amines is 1. The third kappa shape index (κ3) is 3.17. The summed E-state index contributed by atoms with van der Waals surface area (Å²) in [5, 5.41) is 7.15. The molecule has 0 aliphatic heterocycles. The molecular weight excluding hydrogens is 334 g/mol. The summed E-state index contributed by atoms with van der Waals surface area (Å²) in [5.41, 5.74) is 2.19. The van der Waals surface area contributed by atoms with Crippen LogP contribution < -0.4 is 10.9 Å². The minimum atomic E-state index is -0.315. The number of nitrogens with zero attached hydrogens (tertiary/aromatic N) is 3. The molecule has 8 heteroatoms. The number of aryl methyl sites for hydroxylation is 4. The Balaban J connectivity index is 2.00. The Labute approximate surface area is 150 Å². The van der Waals surface area contributed by atoms with Gasteiger partial charge in [0, 0.05) is 17.3 Å². The average Bonchev–Trinajstić information content (AvgIpc) is 3.08. The van der Waals surface area contributed by atoms with E-state index in [2.05, 4.69) is 20.4 Å². The molecule has 0 aliphatic carbocycles. The summed E-state index contributed by atoms with van der Waals surface area (Å²) in [6.07, 6.45) is 0.593. The molecule has 26 heavy (non-hydrogen) atoms. The summed E-state index contributed by atoms with van der Waals surface area (Å²) in [5.74, 6) is 1.56. The van der Waals surface area contributed by atoms with Crippen molar-refractivity contribution in [1.29, 1.82) is 0 Å². The van der Waals surface area contributed by atoms with Gasteiger partial charge in [0.15, 0.2) is 0 Å². The molecule has 136 valence electrons. The number of nitrogens with one attached hydrogen (secondary N) is 2. The van der Waals surface area contributed by atoms with Gasteiger partial charge in [-0.15, -0.1) is 0 Å². The molecule has 0 bridgehead atoms. The lowest BCUT2D eigenvalue weighted by atomic mass is 10.2. The van der Waals surface area contributed by atoms with E-state index in [1.54, 1.807) is 39.8 Å². The summed E-state index contributed by atoms with van der Waals surface area (Å²) in [7, 11) is 0. The lowest BCUT2D eigenvalue weighted by Gasteiger charge is -2.09. The molecule has 0 saturated carbocycles. The van der Waals surface area contributed by atoms with Gasteiger partial charge in [0.25, 0.3) is 11.5 Å². The van der Waals surface area contributed by atoms with E-state index < -0.39 is 0 Å². The van der Waals surface area contributed by atoms with Crippen LogP contribution in [-0.2, 0) is 6.42 Å². The minimum Gasteiger partial charge on any atom is -0.466 e. The van der Waals surface area contributed by atoms with Crippen molar-refractivity contribution >= 4 is 11.7 Å². The lowest BCUT2D eigenvalue weighted by molar-refractivity contribution is 0.102. The second kappa shape index (κ2) is 6.62. The van der Waals surface area contributed by atoms with Crippen LogP contribution in [0.2, 0.25) is 0 Å². The van der Waals surface area contributed by atoms with Crippen LogP contribution in [0.1, 0.15) is 45.8 Å². The van der Waals surface area contributed by atoms with Crippen molar-refractivity contribution < 1.29 is 9.21 Å².